The van der Waals surface area contributed by atoms with Crippen LogP contribution in [0, 0.1) is 13.8 Å². The molecule has 0 saturated carbocycles. The Balaban J connectivity index is 0.00000147. The summed E-state index contributed by atoms with van der Waals surface area (Å²) in [4.78, 5) is 3.34. The summed E-state index contributed by atoms with van der Waals surface area (Å²) in [6, 6.07) is 10.7. The van der Waals surface area contributed by atoms with E-state index in [2.05, 4.69) is 72.3 Å². The van der Waals surface area contributed by atoms with Gasteiger partial charge in [-0.15, -0.1) is 0 Å². The summed E-state index contributed by atoms with van der Waals surface area (Å²) in [5.74, 6) is 0. The molecular weight excluding hydrogens is 268 g/mol. The lowest BCUT2D eigenvalue weighted by atomic mass is 10.1. The predicted octanol–water partition coefficient (Wildman–Crippen LogP) is 0.319. The van der Waals surface area contributed by atoms with Crippen LogP contribution >= 0.6 is 0 Å². The molecule has 3 rings (SSSR count). The van der Waals surface area contributed by atoms with Gasteiger partial charge in [-0.2, -0.15) is 0 Å². The number of aryl methyl sites for hydroxylation is 4. The Morgan fingerprint density at radius 1 is 1.05 bits per heavy atom. The van der Waals surface area contributed by atoms with E-state index in [-0.39, 0.29) is 12.4 Å². The highest BCUT2D eigenvalue weighted by atomic mass is 35.5. The van der Waals surface area contributed by atoms with Crippen LogP contribution in [0.25, 0.3) is 10.9 Å². The first-order valence-electron chi connectivity index (χ1n) is 6.75. The van der Waals surface area contributed by atoms with Crippen LogP contribution in [-0.4, -0.2) is 4.98 Å². The van der Waals surface area contributed by atoms with Crippen LogP contribution in [0.2, 0.25) is 0 Å². The van der Waals surface area contributed by atoms with Crippen molar-refractivity contribution in [1.82, 2.24) is 4.98 Å². The van der Waals surface area contributed by atoms with Gasteiger partial charge >= 0.3 is 0 Å². The minimum Gasteiger partial charge on any atom is -1.00 e. The largest absolute Gasteiger partial charge is 1.00 e. The minimum absolute atomic E-state index is 0. The summed E-state index contributed by atoms with van der Waals surface area (Å²) in [5, 5.41) is 1.34. The second-order valence-corrected chi connectivity index (χ2v) is 5.16. The standard InChI is InChI=1S/C17H19N2.ClH/c1-13-7-9-19(12-14(13)2)10-8-15-11-18-17-6-4-3-5-16(15)17;/h3-7,9,11-12,18H,8,10H2,1-2H3;1H/q+1;/p-1. The molecule has 0 aliphatic heterocycles. The lowest BCUT2D eigenvalue weighted by molar-refractivity contribution is -0.696. The summed E-state index contributed by atoms with van der Waals surface area (Å²) >= 11 is 0. The molecule has 0 fully saturated rings. The highest BCUT2D eigenvalue weighted by Gasteiger charge is 2.07. The number of para-hydroxylation sites is 1. The first-order valence-corrected chi connectivity index (χ1v) is 6.75. The van der Waals surface area contributed by atoms with Crippen molar-refractivity contribution in [1.29, 1.82) is 0 Å². The molecule has 1 N–H and O–H groups in total. The lowest BCUT2D eigenvalue weighted by Crippen LogP contribution is -3.00. The van der Waals surface area contributed by atoms with Gasteiger partial charge in [-0.25, -0.2) is 4.57 Å². The predicted molar refractivity (Wildman–Crippen MR) is 78.1 cm³/mol. The van der Waals surface area contributed by atoms with Crippen LogP contribution in [-0.2, 0) is 13.0 Å². The van der Waals surface area contributed by atoms with Crippen molar-refractivity contribution in [3.8, 4) is 0 Å². The molecule has 2 heterocycles. The Bertz CT molecular complexity index is 716. The lowest BCUT2D eigenvalue weighted by Gasteiger charge is -2.00. The molecule has 2 aromatic heterocycles. The smallest absolute Gasteiger partial charge is 0.171 e. The monoisotopic (exact) mass is 286 g/mol. The van der Waals surface area contributed by atoms with Crippen molar-refractivity contribution in [2.24, 2.45) is 0 Å². The number of aromatic amines is 1. The Morgan fingerprint density at radius 3 is 2.65 bits per heavy atom. The van der Waals surface area contributed by atoms with Gasteiger partial charge < -0.3 is 17.4 Å². The Kier molecular flexibility index (Phi) is 4.46. The van der Waals surface area contributed by atoms with Gasteiger partial charge in [0, 0.05) is 35.2 Å². The molecule has 3 aromatic rings. The van der Waals surface area contributed by atoms with E-state index >= 15 is 0 Å². The van der Waals surface area contributed by atoms with Crippen LogP contribution in [0.4, 0.5) is 0 Å². The van der Waals surface area contributed by atoms with E-state index in [1.807, 2.05) is 0 Å². The molecule has 3 heteroatoms. The van der Waals surface area contributed by atoms with Crippen LogP contribution in [0.15, 0.2) is 48.9 Å². The molecule has 104 valence electrons. The average Bonchev–Trinajstić information content (AvgIpc) is 2.83. The van der Waals surface area contributed by atoms with Crippen molar-refractivity contribution < 1.29 is 17.0 Å². The Hall–Kier alpha value is -1.80. The second-order valence-electron chi connectivity index (χ2n) is 5.16. The molecule has 0 radical (unpaired) electrons. The second kappa shape index (κ2) is 6.10. The quantitative estimate of drug-likeness (QED) is 0.669. The Morgan fingerprint density at radius 2 is 1.85 bits per heavy atom. The normalized spacial score (nSPS) is 10.5. The zero-order chi connectivity index (χ0) is 13.2. The summed E-state index contributed by atoms with van der Waals surface area (Å²) in [7, 11) is 0. The van der Waals surface area contributed by atoms with Crippen LogP contribution in [0.5, 0.6) is 0 Å². The number of aromatic nitrogens is 2. The van der Waals surface area contributed by atoms with Gasteiger partial charge in [0.15, 0.2) is 18.9 Å². The van der Waals surface area contributed by atoms with Crippen LogP contribution in [0.1, 0.15) is 16.7 Å². The van der Waals surface area contributed by atoms with Gasteiger partial charge in [0.2, 0.25) is 0 Å². The van der Waals surface area contributed by atoms with Crippen molar-refractivity contribution >= 4 is 10.9 Å². The first kappa shape index (κ1) is 14.6. The zero-order valence-electron chi connectivity index (χ0n) is 11.9. The number of hydrogen-bond acceptors (Lipinski definition) is 0. The molecule has 20 heavy (non-hydrogen) atoms. The van der Waals surface area contributed by atoms with E-state index in [4.69, 9.17) is 0 Å². The van der Waals surface area contributed by atoms with Crippen molar-refractivity contribution in [2.45, 2.75) is 26.8 Å². The molecule has 0 spiro atoms. The van der Waals surface area contributed by atoms with Gasteiger partial charge in [0.1, 0.15) is 0 Å². The molecule has 0 amide bonds. The van der Waals surface area contributed by atoms with Crippen molar-refractivity contribution in [2.75, 3.05) is 0 Å². The number of nitrogens with zero attached hydrogens (tertiary/aromatic N) is 1. The third-order valence-corrected chi connectivity index (χ3v) is 3.81. The number of benzene rings is 1. The maximum absolute atomic E-state index is 3.34. The first-order chi connectivity index (χ1) is 9.24. The number of fused-ring (bicyclic) bond motifs is 1. The minimum atomic E-state index is 0. The average molecular weight is 287 g/mol. The molecule has 0 aliphatic rings. The van der Waals surface area contributed by atoms with Gasteiger partial charge in [0.05, 0.1) is 0 Å². The number of hydrogen-bond donors (Lipinski definition) is 1. The molecule has 0 saturated heterocycles. The SMILES string of the molecule is Cc1cc[n+](CCc2c[nH]c3ccccc23)cc1C.[Cl-]. The third kappa shape index (κ3) is 2.86. The molecule has 0 bridgehead atoms. The van der Waals surface area contributed by atoms with E-state index in [9.17, 15) is 0 Å². The number of rotatable bonds is 3. The number of nitrogens with one attached hydrogen (secondary N) is 1. The fourth-order valence-electron chi connectivity index (χ4n) is 2.46. The maximum Gasteiger partial charge on any atom is 0.171 e. The highest BCUT2D eigenvalue weighted by Crippen LogP contribution is 2.17. The van der Waals surface area contributed by atoms with Gasteiger partial charge in [-0.3, -0.25) is 0 Å². The highest BCUT2D eigenvalue weighted by molar-refractivity contribution is 5.82. The van der Waals surface area contributed by atoms with Crippen LogP contribution < -0.4 is 17.0 Å². The molecule has 0 aliphatic carbocycles. The summed E-state index contributed by atoms with van der Waals surface area (Å²) < 4.78 is 2.27. The topological polar surface area (TPSA) is 19.7 Å². The molecule has 1 aromatic carbocycles. The fourth-order valence-corrected chi connectivity index (χ4v) is 2.46. The van der Waals surface area contributed by atoms with Gasteiger partial charge in [-0.1, -0.05) is 18.2 Å². The zero-order valence-corrected chi connectivity index (χ0v) is 12.6. The van der Waals surface area contributed by atoms with Crippen molar-refractivity contribution in [3.05, 3.63) is 65.6 Å². The number of halogens is 1. The third-order valence-electron chi connectivity index (χ3n) is 3.81. The molecule has 0 unspecified atom stereocenters. The van der Waals surface area contributed by atoms with Crippen molar-refractivity contribution in [3.63, 3.8) is 0 Å². The van der Waals surface area contributed by atoms with E-state index in [1.54, 1.807) is 0 Å². The summed E-state index contributed by atoms with van der Waals surface area (Å²) in [5.41, 5.74) is 5.31. The van der Waals surface area contributed by atoms with E-state index in [1.165, 1.54) is 27.6 Å². The summed E-state index contributed by atoms with van der Waals surface area (Å²) in [6.45, 7) is 5.33. The molecule has 2 nitrogen and oxygen atoms in total. The van der Waals surface area contributed by atoms with E-state index in [0.29, 0.717) is 0 Å². The van der Waals surface area contributed by atoms with E-state index < -0.39 is 0 Å². The molecular formula is C17H19ClN2. The Labute approximate surface area is 125 Å². The van der Waals surface area contributed by atoms with Crippen LogP contribution in [0.3, 0.4) is 0 Å². The summed E-state index contributed by atoms with van der Waals surface area (Å²) in [6.07, 6.45) is 7.57. The number of H-pyrrole nitrogens is 1. The molecule has 0 atom stereocenters. The van der Waals surface area contributed by atoms with Gasteiger partial charge in [0.25, 0.3) is 0 Å². The maximum atomic E-state index is 3.34. The number of pyridine rings is 1. The van der Waals surface area contributed by atoms with E-state index in [0.717, 1.165) is 13.0 Å². The van der Waals surface area contributed by atoms with Gasteiger partial charge in [-0.05, 0) is 31.0 Å². The fraction of sp³-hybridized carbons (Fsp3) is 0.235.